The average Bonchev–Trinajstić information content (AvgIpc) is 2.86. The van der Waals surface area contributed by atoms with E-state index in [1.54, 1.807) is 11.8 Å². The highest BCUT2D eigenvalue weighted by Gasteiger charge is 2.37. The maximum atomic E-state index is 12.7. The summed E-state index contributed by atoms with van der Waals surface area (Å²) in [6.07, 6.45) is 4.71. The Bertz CT molecular complexity index is 528. The van der Waals surface area contributed by atoms with Crippen molar-refractivity contribution in [2.45, 2.75) is 60.9 Å². The van der Waals surface area contributed by atoms with E-state index in [2.05, 4.69) is 5.32 Å². The first-order chi connectivity index (χ1) is 10.5. The third-order valence-corrected chi connectivity index (χ3v) is 6.17. The second-order valence-electron chi connectivity index (χ2n) is 6.43. The molecule has 3 nitrogen and oxygen atoms in total. The molecule has 23 heavy (non-hydrogen) atoms. The topological polar surface area (TPSA) is 32.3 Å². The van der Waals surface area contributed by atoms with E-state index in [4.69, 9.17) is 11.6 Å². The Morgan fingerprint density at radius 3 is 2.39 bits per heavy atom. The number of carbonyl (C=O) groups is 1. The summed E-state index contributed by atoms with van der Waals surface area (Å²) in [7, 11) is 1.97. The molecular weight excluding hydrogens is 351 g/mol. The molecular formula is C17H24Cl2N2OS. The molecule has 0 spiro atoms. The maximum absolute atomic E-state index is 12.7. The third kappa shape index (κ3) is 4.56. The van der Waals surface area contributed by atoms with Crippen molar-refractivity contribution < 1.29 is 4.79 Å². The van der Waals surface area contributed by atoms with Crippen molar-refractivity contribution in [3.05, 3.63) is 29.3 Å². The fraction of sp³-hybridized carbons (Fsp3) is 0.588. The van der Waals surface area contributed by atoms with Crippen molar-refractivity contribution in [2.24, 2.45) is 0 Å². The largest absolute Gasteiger partial charge is 0.342 e. The lowest BCUT2D eigenvalue weighted by atomic mass is 9.98. The molecule has 128 valence electrons. The molecule has 2 saturated heterocycles. The van der Waals surface area contributed by atoms with Gasteiger partial charge in [-0.15, -0.1) is 24.2 Å². The van der Waals surface area contributed by atoms with Crippen LogP contribution in [-0.2, 0) is 4.79 Å². The molecule has 1 aromatic carbocycles. The fourth-order valence-electron chi connectivity index (χ4n) is 3.58. The summed E-state index contributed by atoms with van der Waals surface area (Å²) in [6.45, 7) is 1.99. The number of piperidine rings is 1. The standard InChI is InChI=1S/C17H23ClN2OS.ClH/c1-11(22-16-7-3-12(18)4-8-16)17(21)20(2)15-9-13-5-6-14(10-15)19-13;/h3-4,7-8,11,13-15,19H,5-6,9-10H2,1-2H3;1H. The third-order valence-electron chi connectivity index (χ3n) is 4.82. The number of fused-ring (bicyclic) bond motifs is 2. The van der Waals surface area contributed by atoms with Crippen LogP contribution in [0.4, 0.5) is 0 Å². The summed E-state index contributed by atoms with van der Waals surface area (Å²) in [5.41, 5.74) is 0. The molecule has 1 aromatic rings. The Labute approximate surface area is 153 Å². The molecule has 0 aliphatic carbocycles. The number of nitrogens with zero attached hydrogens (tertiary/aromatic N) is 1. The molecule has 1 amide bonds. The van der Waals surface area contributed by atoms with Gasteiger partial charge in [0.05, 0.1) is 5.25 Å². The summed E-state index contributed by atoms with van der Waals surface area (Å²) in [4.78, 5) is 15.8. The zero-order valence-corrected chi connectivity index (χ0v) is 15.9. The lowest BCUT2D eigenvalue weighted by Crippen LogP contribution is -2.50. The minimum atomic E-state index is -0.0706. The number of amides is 1. The van der Waals surface area contributed by atoms with Crippen LogP contribution in [0.3, 0.4) is 0 Å². The van der Waals surface area contributed by atoms with Gasteiger partial charge in [0, 0.05) is 35.1 Å². The molecule has 2 fully saturated rings. The molecule has 6 heteroatoms. The predicted octanol–water partition coefficient (Wildman–Crippen LogP) is 3.98. The van der Waals surface area contributed by atoms with Crippen molar-refractivity contribution in [1.82, 2.24) is 10.2 Å². The van der Waals surface area contributed by atoms with Gasteiger partial charge in [-0.2, -0.15) is 0 Å². The van der Waals surface area contributed by atoms with Gasteiger partial charge >= 0.3 is 0 Å². The molecule has 3 atom stereocenters. The molecule has 2 bridgehead atoms. The van der Waals surface area contributed by atoms with Crippen molar-refractivity contribution in [3.8, 4) is 0 Å². The van der Waals surface area contributed by atoms with Gasteiger partial charge in [0.2, 0.25) is 5.91 Å². The van der Waals surface area contributed by atoms with Crippen LogP contribution in [-0.4, -0.2) is 41.2 Å². The van der Waals surface area contributed by atoms with E-state index in [-0.39, 0.29) is 23.6 Å². The minimum Gasteiger partial charge on any atom is -0.342 e. The van der Waals surface area contributed by atoms with Gasteiger partial charge in [-0.05, 0) is 56.9 Å². The molecule has 3 unspecified atom stereocenters. The minimum absolute atomic E-state index is 0. The van der Waals surface area contributed by atoms with E-state index in [9.17, 15) is 4.79 Å². The highest BCUT2D eigenvalue weighted by atomic mass is 35.5. The van der Waals surface area contributed by atoms with Crippen LogP contribution in [0.25, 0.3) is 0 Å². The van der Waals surface area contributed by atoms with Gasteiger partial charge in [-0.3, -0.25) is 4.79 Å². The summed E-state index contributed by atoms with van der Waals surface area (Å²) >= 11 is 7.51. The van der Waals surface area contributed by atoms with Crippen LogP contribution in [0, 0.1) is 0 Å². The molecule has 2 heterocycles. The lowest BCUT2D eigenvalue weighted by molar-refractivity contribution is -0.131. The van der Waals surface area contributed by atoms with E-state index >= 15 is 0 Å². The molecule has 1 N–H and O–H groups in total. The summed E-state index contributed by atoms with van der Waals surface area (Å²) < 4.78 is 0. The second-order valence-corrected chi connectivity index (χ2v) is 8.28. The SMILES string of the molecule is CC(Sc1ccc(Cl)cc1)C(=O)N(C)C1CC2CCC(C1)N2.Cl. The van der Waals surface area contributed by atoms with E-state index in [1.807, 2.05) is 43.1 Å². The van der Waals surface area contributed by atoms with E-state index < -0.39 is 0 Å². The first kappa shape index (κ1) is 18.9. The molecule has 0 radical (unpaired) electrons. The lowest BCUT2D eigenvalue weighted by Gasteiger charge is -2.36. The maximum Gasteiger partial charge on any atom is 0.235 e. The molecule has 3 rings (SSSR count). The van der Waals surface area contributed by atoms with E-state index in [0.717, 1.165) is 22.8 Å². The quantitative estimate of drug-likeness (QED) is 0.808. The van der Waals surface area contributed by atoms with Crippen LogP contribution >= 0.6 is 35.8 Å². The first-order valence-electron chi connectivity index (χ1n) is 7.98. The Morgan fingerprint density at radius 2 is 1.83 bits per heavy atom. The summed E-state index contributed by atoms with van der Waals surface area (Å²) in [6, 6.07) is 9.30. The highest BCUT2D eigenvalue weighted by Crippen LogP contribution is 2.31. The van der Waals surface area contributed by atoms with Gasteiger partial charge in [0.15, 0.2) is 0 Å². The van der Waals surface area contributed by atoms with Crippen molar-refractivity contribution in [1.29, 1.82) is 0 Å². The van der Waals surface area contributed by atoms with E-state index in [0.29, 0.717) is 18.1 Å². The van der Waals surface area contributed by atoms with Crippen molar-refractivity contribution in [2.75, 3.05) is 7.05 Å². The summed E-state index contributed by atoms with van der Waals surface area (Å²) in [5, 5.41) is 4.29. The molecule has 0 saturated carbocycles. The Morgan fingerprint density at radius 1 is 1.26 bits per heavy atom. The zero-order valence-electron chi connectivity index (χ0n) is 13.5. The van der Waals surface area contributed by atoms with Crippen LogP contribution in [0.1, 0.15) is 32.6 Å². The monoisotopic (exact) mass is 374 g/mol. The Kier molecular flexibility index (Phi) is 6.66. The summed E-state index contributed by atoms with van der Waals surface area (Å²) in [5.74, 6) is 0.228. The number of hydrogen-bond donors (Lipinski definition) is 1. The number of benzene rings is 1. The number of nitrogens with one attached hydrogen (secondary N) is 1. The number of hydrogen-bond acceptors (Lipinski definition) is 3. The van der Waals surface area contributed by atoms with Gasteiger partial charge in [-0.1, -0.05) is 11.6 Å². The zero-order chi connectivity index (χ0) is 15.7. The Balaban J connectivity index is 0.00000192. The highest BCUT2D eigenvalue weighted by molar-refractivity contribution is 8.00. The number of rotatable bonds is 4. The van der Waals surface area contributed by atoms with E-state index in [1.165, 1.54) is 12.8 Å². The number of carbonyl (C=O) groups excluding carboxylic acids is 1. The normalized spacial score (nSPS) is 27.2. The molecule has 0 aromatic heterocycles. The van der Waals surface area contributed by atoms with Crippen molar-refractivity contribution >= 4 is 41.7 Å². The van der Waals surface area contributed by atoms with Gasteiger partial charge < -0.3 is 10.2 Å². The van der Waals surface area contributed by atoms with Crippen LogP contribution in [0.15, 0.2) is 29.2 Å². The van der Waals surface area contributed by atoms with Crippen LogP contribution in [0.5, 0.6) is 0 Å². The van der Waals surface area contributed by atoms with Gasteiger partial charge in [-0.25, -0.2) is 0 Å². The second kappa shape index (κ2) is 8.11. The molecule has 2 aliphatic heterocycles. The fourth-order valence-corrected chi connectivity index (χ4v) is 4.67. The van der Waals surface area contributed by atoms with Crippen molar-refractivity contribution in [3.63, 3.8) is 0 Å². The average molecular weight is 375 g/mol. The molecule has 2 aliphatic rings. The van der Waals surface area contributed by atoms with Gasteiger partial charge in [0.1, 0.15) is 0 Å². The smallest absolute Gasteiger partial charge is 0.235 e. The first-order valence-corrected chi connectivity index (χ1v) is 9.23. The number of thioether (sulfide) groups is 1. The predicted molar refractivity (Wildman–Crippen MR) is 99.8 cm³/mol. The number of halogens is 2. The van der Waals surface area contributed by atoms with Crippen LogP contribution < -0.4 is 5.32 Å². The van der Waals surface area contributed by atoms with Crippen LogP contribution in [0.2, 0.25) is 5.02 Å². The Hall–Kier alpha value is -0.420. The van der Waals surface area contributed by atoms with Gasteiger partial charge in [0.25, 0.3) is 0 Å².